The quantitative estimate of drug-likeness (QED) is 0.568. The summed E-state index contributed by atoms with van der Waals surface area (Å²) in [6, 6.07) is 10.7. The molecular weight excluding hydrogens is 320 g/mol. The molecule has 0 radical (unpaired) electrons. The van der Waals surface area contributed by atoms with Gasteiger partial charge in [-0.15, -0.1) is 5.10 Å². The van der Waals surface area contributed by atoms with Gasteiger partial charge in [0.2, 0.25) is 0 Å². The molecule has 2 aromatic heterocycles. The van der Waals surface area contributed by atoms with Gasteiger partial charge in [-0.1, -0.05) is 6.92 Å². The topological polar surface area (TPSA) is 98.2 Å². The molecule has 1 amide bonds. The second kappa shape index (κ2) is 6.31. The lowest BCUT2D eigenvalue weighted by atomic mass is 10.2. The van der Waals surface area contributed by atoms with E-state index in [1.807, 2.05) is 12.1 Å². The Hall–Kier alpha value is -3.29. The Labute approximate surface area is 143 Å². The molecule has 0 unspecified atom stereocenters. The summed E-state index contributed by atoms with van der Waals surface area (Å²) in [7, 11) is 0. The van der Waals surface area contributed by atoms with Gasteiger partial charge in [0.05, 0.1) is 11.9 Å². The van der Waals surface area contributed by atoms with Crippen LogP contribution >= 0.6 is 0 Å². The first kappa shape index (κ1) is 15.3. The molecule has 1 aromatic carbocycles. The number of hydrazone groups is 1. The summed E-state index contributed by atoms with van der Waals surface area (Å²) in [4.78, 5) is 12.1. The van der Waals surface area contributed by atoms with Gasteiger partial charge >= 0.3 is 0 Å². The molecule has 3 aromatic rings. The maximum absolute atomic E-state index is 12.1. The molecule has 8 nitrogen and oxygen atoms in total. The van der Waals surface area contributed by atoms with E-state index in [-0.39, 0.29) is 5.91 Å². The van der Waals surface area contributed by atoms with E-state index in [0.717, 1.165) is 11.4 Å². The maximum atomic E-state index is 12.1. The molecule has 1 aliphatic rings. The number of tetrazole rings is 1. The molecule has 1 fully saturated rings. The maximum Gasteiger partial charge on any atom is 0.271 e. The number of hydrogen-bond donors (Lipinski definition) is 1. The molecule has 1 saturated carbocycles. The number of nitrogens with zero attached hydrogens (tertiary/aromatic N) is 5. The molecule has 2 atom stereocenters. The van der Waals surface area contributed by atoms with Crippen LogP contribution in [0.3, 0.4) is 0 Å². The Kier molecular flexibility index (Phi) is 3.85. The molecule has 1 N–H and O–H groups in total. The Morgan fingerprint density at radius 3 is 2.80 bits per heavy atom. The van der Waals surface area contributed by atoms with Crippen molar-refractivity contribution in [3.05, 3.63) is 59.8 Å². The molecule has 126 valence electrons. The smallest absolute Gasteiger partial charge is 0.271 e. The molecule has 0 aliphatic heterocycles. The molecular formula is C17H16N6O2. The minimum absolute atomic E-state index is 0.304. The predicted octanol–water partition coefficient (Wildman–Crippen LogP) is 2.14. The van der Waals surface area contributed by atoms with Crippen LogP contribution in [0.1, 0.15) is 41.1 Å². The standard InChI is InChI=1S/C17H16N6O2/c1-11-8-15(11)16-7-6-14(25-16)9-18-20-17(24)12-2-4-13(5-3-12)23-10-19-21-22-23/h2-7,9-11,15H,8H2,1H3,(H,20,24)/b18-9-/t11-,15+/m1/s1. The van der Waals surface area contributed by atoms with Crippen molar-refractivity contribution in [2.75, 3.05) is 0 Å². The highest BCUT2D eigenvalue weighted by Gasteiger charge is 2.36. The van der Waals surface area contributed by atoms with E-state index in [4.69, 9.17) is 4.42 Å². The minimum atomic E-state index is -0.304. The number of furan rings is 1. The second-order valence-electron chi connectivity index (χ2n) is 6.06. The van der Waals surface area contributed by atoms with Crippen molar-refractivity contribution in [1.82, 2.24) is 25.6 Å². The summed E-state index contributed by atoms with van der Waals surface area (Å²) in [6.07, 6.45) is 4.16. The van der Waals surface area contributed by atoms with Crippen LogP contribution in [-0.2, 0) is 0 Å². The van der Waals surface area contributed by atoms with E-state index >= 15 is 0 Å². The average Bonchev–Trinajstić information content (AvgIpc) is 3.06. The Morgan fingerprint density at radius 1 is 1.32 bits per heavy atom. The molecule has 0 spiro atoms. The zero-order valence-electron chi connectivity index (χ0n) is 13.5. The van der Waals surface area contributed by atoms with Crippen molar-refractivity contribution in [3.63, 3.8) is 0 Å². The number of rotatable bonds is 5. The highest BCUT2D eigenvalue weighted by atomic mass is 16.3. The number of aromatic nitrogens is 4. The third-order valence-corrected chi connectivity index (χ3v) is 4.22. The van der Waals surface area contributed by atoms with Gasteiger partial charge in [-0.3, -0.25) is 4.79 Å². The van der Waals surface area contributed by atoms with Gasteiger partial charge in [0.25, 0.3) is 5.91 Å². The normalized spacial score (nSPS) is 19.2. The summed E-state index contributed by atoms with van der Waals surface area (Å²) in [6.45, 7) is 2.20. The summed E-state index contributed by atoms with van der Waals surface area (Å²) in [5.41, 5.74) is 3.74. The van der Waals surface area contributed by atoms with Crippen LogP contribution in [0.5, 0.6) is 0 Å². The average molecular weight is 336 g/mol. The molecule has 4 rings (SSSR count). The fraction of sp³-hybridized carbons (Fsp3) is 0.235. The van der Waals surface area contributed by atoms with Crippen molar-refractivity contribution in [3.8, 4) is 5.69 Å². The Balaban J connectivity index is 1.36. The van der Waals surface area contributed by atoms with Crippen molar-refractivity contribution in [1.29, 1.82) is 0 Å². The number of hydrogen-bond acceptors (Lipinski definition) is 6. The molecule has 0 bridgehead atoms. The fourth-order valence-corrected chi connectivity index (χ4v) is 2.62. The fourth-order valence-electron chi connectivity index (χ4n) is 2.62. The van der Waals surface area contributed by atoms with Crippen LogP contribution in [0, 0.1) is 5.92 Å². The van der Waals surface area contributed by atoms with Crippen LogP contribution in [0.2, 0.25) is 0 Å². The van der Waals surface area contributed by atoms with Crippen LogP contribution < -0.4 is 5.43 Å². The van der Waals surface area contributed by atoms with Crippen LogP contribution in [0.15, 0.2) is 52.2 Å². The molecule has 25 heavy (non-hydrogen) atoms. The van der Waals surface area contributed by atoms with Gasteiger partial charge in [-0.05, 0) is 59.2 Å². The second-order valence-corrected chi connectivity index (χ2v) is 6.06. The largest absolute Gasteiger partial charge is 0.460 e. The van der Waals surface area contributed by atoms with Gasteiger partial charge in [0, 0.05) is 11.5 Å². The molecule has 0 saturated heterocycles. The summed E-state index contributed by atoms with van der Waals surface area (Å²) in [5.74, 6) is 2.52. The van der Waals surface area contributed by atoms with Crippen molar-refractivity contribution in [2.24, 2.45) is 11.0 Å². The van der Waals surface area contributed by atoms with Gasteiger partial charge in [0.1, 0.15) is 17.8 Å². The summed E-state index contributed by atoms with van der Waals surface area (Å²) < 4.78 is 7.21. The van der Waals surface area contributed by atoms with E-state index in [1.54, 1.807) is 24.3 Å². The van der Waals surface area contributed by atoms with Gasteiger partial charge in [-0.2, -0.15) is 5.10 Å². The van der Waals surface area contributed by atoms with E-state index in [2.05, 4.69) is 33.0 Å². The van der Waals surface area contributed by atoms with Gasteiger partial charge in [-0.25, -0.2) is 10.1 Å². The number of carbonyl (C=O) groups is 1. The van der Waals surface area contributed by atoms with Crippen molar-refractivity contribution >= 4 is 12.1 Å². The minimum Gasteiger partial charge on any atom is -0.460 e. The highest BCUT2D eigenvalue weighted by molar-refractivity contribution is 5.94. The lowest BCUT2D eigenvalue weighted by molar-refractivity contribution is 0.0955. The van der Waals surface area contributed by atoms with Crippen molar-refractivity contribution < 1.29 is 9.21 Å². The number of nitrogens with one attached hydrogen (secondary N) is 1. The van der Waals surface area contributed by atoms with E-state index < -0.39 is 0 Å². The van der Waals surface area contributed by atoms with E-state index in [1.165, 1.54) is 23.6 Å². The first-order valence-electron chi connectivity index (χ1n) is 7.97. The first-order chi connectivity index (χ1) is 12.2. The lowest BCUT2D eigenvalue weighted by Gasteiger charge is -2.02. The predicted molar refractivity (Wildman–Crippen MR) is 89.4 cm³/mol. The summed E-state index contributed by atoms with van der Waals surface area (Å²) >= 11 is 0. The van der Waals surface area contributed by atoms with Crippen LogP contribution in [0.4, 0.5) is 0 Å². The SMILES string of the molecule is C[C@@H]1C[C@@H]1c1ccc(/C=N\NC(=O)c2ccc(-n3cnnn3)cc2)o1. The molecule has 1 aliphatic carbocycles. The zero-order chi connectivity index (χ0) is 17.2. The monoisotopic (exact) mass is 336 g/mol. The number of benzene rings is 1. The molecule has 2 heterocycles. The van der Waals surface area contributed by atoms with Gasteiger partial charge in [0.15, 0.2) is 0 Å². The first-order valence-corrected chi connectivity index (χ1v) is 7.97. The Morgan fingerprint density at radius 2 is 2.12 bits per heavy atom. The third-order valence-electron chi connectivity index (χ3n) is 4.22. The van der Waals surface area contributed by atoms with Crippen LogP contribution in [-0.4, -0.2) is 32.3 Å². The summed E-state index contributed by atoms with van der Waals surface area (Å²) in [5, 5.41) is 14.9. The zero-order valence-corrected chi connectivity index (χ0v) is 13.5. The lowest BCUT2D eigenvalue weighted by Crippen LogP contribution is -2.17. The van der Waals surface area contributed by atoms with Gasteiger partial charge < -0.3 is 4.42 Å². The van der Waals surface area contributed by atoms with E-state index in [0.29, 0.717) is 23.2 Å². The van der Waals surface area contributed by atoms with E-state index in [9.17, 15) is 4.79 Å². The number of amides is 1. The third kappa shape index (κ3) is 3.32. The number of carbonyl (C=O) groups excluding carboxylic acids is 1. The van der Waals surface area contributed by atoms with Crippen molar-refractivity contribution in [2.45, 2.75) is 19.3 Å². The molecule has 8 heteroatoms. The highest BCUT2D eigenvalue weighted by Crippen LogP contribution is 2.47. The van der Waals surface area contributed by atoms with Crippen LogP contribution in [0.25, 0.3) is 5.69 Å². The Bertz CT molecular complexity index is 898.